The number of rotatable bonds is 14. The highest BCUT2D eigenvalue weighted by atomic mass is 32.2. The summed E-state index contributed by atoms with van der Waals surface area (Å²) in [6.45, 7) is 2.25. The van der Waals surface area contributed by atoms with Gasteiger partial charge < -0.3 is 9.84 Å². The molecule has 2 rings (SSSR count). The molecule has 0 atom stereocenters. The lowest BCUT2D eigenvalue weighted by Crippen LogP contribution is -1.99. The lowest BCUT2D eigenvalue weighted by atomic mass is 10.0. The summed E-state index contributed by atoms with van der Waals surface area (Å²) in [5.74, 6) is -0.133. The molecule has 6 heteroatoms. The Kier molecular flexibility index (Phi) is 10.2. The Morgan fingerprint density at radius 1 is 0.800 bits per heavy atom. The van der Waals surface area contributed by atoms with E-state index in [1.165, 1.54) is 75.5 Å². The number of aromatic hydroxyl groups is 1. The van der Waals surface area contributed by atoms with Crippen molar-refractivity contribution in [3.8, 4) is 17.2 Å². The molecule has 0 bridgehead atoms. The Morgan fingerprint density at radius 3 is 1.93 bits per heavy atom. The van der Waals surface area contributed by atoms with Gasteiger partial charge in [-0.3, -0.25) is 4.55 Å². The fourth-order valence-corrected chi connectivity index (χ4v) is 4.06. The lowest BCUT2D eigenvalue weighted by Gasteiger charge is -2.10. The molecule has 0 aliphatic rings. The van der Waals surface area contributed by atoms with Crippen molar-refractivity contribution in [2.45, 2.75) is 82.4 Å². The Hall–Kier alpha value is -2.05. The molecule has 2 N–H and O–H groups in total. The van der Waals surface area contributed by atoms with Gasteiger partial charge in [0, 0.05) is 0 Å². The van der Waals surface area contributed by atoms with Gasteiger partial charge >= 0.3 is 0 Å². The average Bonchev–Trinajstić information content (AvgIpc) is 2.71. The molecule has 0 aliphatic carbocycles. The summed E-state index contributed by atoms with van der Waals surface area (Å²) in [6.07, 6.45) is 14.2. The summed E-state index contributed by atoms with van der Waals surface area (Å²) in [4.78, 5) is -0.572. The highest BCUT2D eigenvalue weighted by molar-refractivity contribution is 7.86. The fraction of sp³-hybridized carbons (Fsp3) is 0.500. The lowest BCUT2D eigenvalue weighted by molar-refractivity contribution is 0.395. The second-order valence-electron chi connectivity index (χ2n) is 7.76. The highest BCUT2D eigenvalue weighted by Gasteiger charge is 2.19. The first kappa shape index (κ1) is 24.2. The van der Waals surface area contributed by atoms with E-state index in [9.17, 15) is 13.5 Å². The van der Waals surface area contributed by atoms with E-state index in [1.54, 1.807) is 12.1 Å². The zero-order chi connectivity index (χ0) is 21.8. The van der Waals surface area contributed by atoms with Crippen LogP contribution < -0.4 is 4.74 Å². The maximum Gasteiger partial charge on any atom is 0.298 e. The van der Waals surface area contributed by atoms with Crippen molar-refractivity contribution in [1.29, 1.82) is 0 Å². The standard InChI is InChI=1S/C24H34O5S/c1-2-3-4-5-6-7-8-9-10-11-13-20-16-18-21(19-17-20)29-22-14-12-15-23(24(22)25)30(26,27)28/h12,14-19,25H,2-11,13H2,1H3,(H,26,27,28). The Balaban J connectivity index is 1.72. The first-order chi connectivity index (χ1) is 14.4. The second kappa shape index (κ2) is 12.6. The van der Waals surface area contributed by atoms with Crippen LogP contribution in [0.4, 0.5) is 0 Å². The smallest absolute Gasteiger partial charge is 0.298 e. The Morgan fingerprint density at radius 2 is 1.37 bits per heavy atom. The molecule has 0 aromatic heterocycles. The molecule has 0 saturated heterocycles. The maximum atomic E-state index is 11.3. The van der Waals surface area contributed by atoms with E-state index in [1.807, 2.05) is 12.1 Å². The number of hydrogen-bond acceptors (Lipinski definition) is 4. The van der Waals surface area contributed by atoms with Crippen LogP contribution in [0, 0.1) is 0 Å². The van der Waals surface area contributed by atoms with Gasteiger partial charge in [-0.1, -0.05) is 82.9 Å². The number of benzene rings is 2. The molecule has 0 saturated carbocycles. The average molecular weight is 435 g/mol. The molecule has 0 radical (unpaired) electrons. The molecule has 0 spiro atoms. The first-order valence-electron chi connectivity index (χ1n) is 11.0. The van der Waals surface area contributed by atoms with Crippen molar-refractivity contribution in [3.05, 3.63) is 48.0 Å². The fourth-order valence-electron chi connectivity index (χ4n) is 3.46. The number of unbranched alkanes of at least 4 members (excludes halogenated alkanes) is 9. The maximum absolute atomic E-state index is 11.3. The van der Waals surface area contributed by atoms with Crippen LogP contribution in [-0.2, 0) is 16.5 Å². The number of phenolic OH excluding ortho intramolecular Hbond substituents is 1. The van der Waals surface area contributed by atoms with Crippen LogP contribution in [0.3, 0.4) is 0 Å². The molecule has 30 heavy (non-hydrogen) atoms. The highest BCUT2D eigenvalue weighted by Crippen LogP contribution is 2.35. The third-order valence-corrected chi connectivity index (χ3v) is 6.10. The van der Waals surface area contributed by atoms with Gasteiger partial charge in [0.1, 0.15) is 10.6 Å². The van der Waals surface area contributed by atoms with Crippen molar-refractivity contribution < 1.29 is 22.8 Å². The summed E-state index contributed by atoms with van der Waals surface area (Å²) in [5.41, 5.74) is 1.22. The van der Waals surface area contributed by atoms with Crippen molar-refractivity contribution in [2.24, 2.45) is 0 Å². The van der Waals surface area contributed by atoms with Crippen molar-refractivity contribution >= 4 is 10.1 Å². The molecule has 166 valence electrons. The van der Waals surface area contributed by atoms with E-state index in [0.717, 1.165) is 18.9 Å². The minimum atomic E-state index is -4.51. The van der Waals surface area contributed by atoms with Gasteiger partial charge in [0.15, 0.2) is 11.5 Å². The molecule has 0 amide bonds. The number of ether oxygens (including phenoxy) is 1. The van der Waals surface area contributed by atoms with Crippen LogP contribution in [0.2, 0.25) is 0 Å². The molecular weight excluding hydrogens is 400 g/mol. The molecule has 2 aromatic rings. The van der Waals surface area contributed by atoms with Crippen LogP contribution >= 0.6 is 0 Å². The zero-order valence-corrected chi connectivity index (χ0v) is 18.7. The minimum Gasteiger partial charge on any atom is -0.503 e. The number of para-hydroxylation sites is 1. The summed E-state index contributed by atoms with van der Waals surface area (Å²) < 4.78 is 37.3. The van der Waals surface area contributed by atoms with Crippen LogP contribution in [-0.4, -0.2) is 18.1 Å². The Labute approximate surface area is 180 Å². The van der Waals surface area contributed by atoms with Gasteiger partial charge in [-0.15, -0.1) is 0 Å². The third kappa shape index (κ3) is 8.36. The van der Waals surface area contributed by atoms with E-state index < -0.39 is 20.8 Å². The van der Waals surface area contributed by atoms with Gasteiger partial charge in [0.05, 0.1) is 0 Å². The normalized spacial score (nSPS) is 11.5. The Bertz CT molecular complexity index is 860. The first-order valence-corrected chi connectivity index (χ1v) is 12.4. The van der Waals surface area contributed by atoms with Crippen LogP contribution in [0.1, 0.15) is 76.7 Å². The van der Waals surface area contributed by atoms with Crippen LogP contribution in [0.5, 0.6) is 17.2 Å². The largest absolute Gasteiger partial charge is 0.503 e. The quantitative estimate of drug-likeness (QED) is 0.250. The van der Waals surface area contributed by atoms with Crippen molar-refractivity contribution in [1.82, 2.24) is 0 Å². The van der Waals surface area contributed by atoms with E-state index in [2.05, 4.69) is 6.92 Å². The monoisotopic (exact) mass is 434 g/mol. The van der Waals surface area contributed by atoms with Crippen molar-refractivity contribution in [3.63, 3.8) is 0 Å². The number of hydrogen-bond donors (Lipinski definition) is 2. The molecule has 0 aliphatic heterocycles. The predicted molar refractivity (Wildman–Crippen MR) is 120 cm³/mol. The van der Waals surface area contributed by atoms with Gasteiger partial charge in [0.25, 0.3) is 10.1 Å². The molecule has 2 aromatic carbocycles. The summed E-state index contributed by atoms with van der Waals surface area (Å²) in [5, 5.41) is 10.0. The van der Waals surface area contributed by atoms with E-state index in [4.69, 9.17) is 9.29 Å². The molecule has 0 fully saturated rings. The predicted octanol–water partition coefficient (Wildman–Crippen LogP) is 6.89. The van der Waals surface area contributed by atoms with E-state index in [-0.39, 0.29) is 5.75 Å². The molecular formula is C24H34O5S. The van der Waals surface area contributed by atoms with Crippen molar-refractivity contribution in [2.75, 3.05) is 0 Å². The second-order valence-corrected chi connectivity index (χ2v) is 9.15. The summed E-state index contributed by atoms with van der Waals surface area (Å²) in [7, 11) is -4.51. The molecule has 0 heterocycles. The number of phenols is 1. The number of aryl methyl sites for hydroxylation is 1. The minimum absolute atomic E-state index is 0.0208. The summed E-state index contributed by atoms with van der Waals surface area (Å²) in [6, 6.07) is 11.5. The molecule has 0 unspecified atom stereocenters. The van der Waals surface area contributed by atoms with Gasteiger partial charge in [-0.2, -0.15) is 8.42 Å². The van der Waals surface area contributed by atoms with Gasteiger partial charge in [-0.25, -0.2) is 0 Å². The topological polar surface area (TPSA) is 83.8 Å². The van der Waals surface area contributed by atoms with E-state index in [0.29, 0.717) is 5.75 Å². The van der Waals surface area contributed by atoms with Gasteiger partial charge in [-0.05, 0) is 42.7 Å². The van der Waals surface area contributed by atoms with Crippen LogP contribution in [0.15, 0.2) is 47.4 Å². The van der Waals surface area contributed by atoms with Crippen LogP contribution in [0.25, 0.3) is 0 Å². The zero-order valence-electron chi connectivity index (χ0n) is 17.8. The van der Waals surface area contributed by atoms with E-state index >= 15 is 0 Å². The third-order valence-electron chi connectivity index (χ3n) is 5.21. The van der Waals surface area contributed by atoms with Gasteiger partial charge in [0.2, 0.25) is 0 Å². The SMILES string of the molecule is CCCCCCCCCCCCc1ccc(Oc2cccc(S(=O)(=O)O)c2O)cc1. The molecule has 5 nitrogen and oxygen atoms in total. The summed E-state index contributed by atoms with van der Waals surface area (Å²) >= 11 is 0.